The van der Waals surface area contributed by atoms with Gasteiger partial charge in [0.25, 0.3) is 0 Å². The zero-order valence-electron chi connectivity index (χ0n) is 9.45. The van der Waals surface area contributed by atoms with Crippen LogP contribution in [0.4, 0.5) is 5.69 Å². The van der Waals surface area contributed by atoms with Crippen LogP contribution in [0.1, 0.15) is 29.3 Å². The van der Waals surface area contributed by atoms with Crippen LogP contribution in [0.15, 0.2) is 35.7 Å². The molecule has 3 heteroatoms. The minimum atomic E-state index is 0.464. The van der Waals surface area contributed by atoms with Gasteiger partial charge in [-0.3, -0.25) is 0 Å². The van der Waals surface area contributed by atoms with E-state index in [4.69, 9.17) is 11.6 Å². The Morgan fingerprint density at radius 2 is 2.00 bits per heavy atom. The fourth-order valence-corrected chi connectivity index (χ4v) is 3.50. The van der Waals surface area contributed by atoms with Crippen molar-refractivity contribution in [2.45, 2.75) is 25.3 Å². The lowest BCUT2D eigenvalue weighted by atomic mass is 9.94. The van der Waals surface area contributed by atoms with Crippen molar-refractivity contribution in [2.24, 2.45) is 0 Å². The Balaban J connectivity index is 1.81. The fourth-order valence-electron chi connectivity index (χ4n) is 2.38. The molecule has 1 atom stereocenters. The molecule has 1 aliphatic rings. The number of thiophene rings is 1. The number of aryl methyl sites for hydroxylation is 1. The topological polar surface area (TPSA) is 12.0 Å². The molecule has 3 rings (SSSR count). The van der Waals surface area contributed by atoms with Gasteiger partial charge in [-0.2, -0.15) is 0 Å². The summed E-state index contributed by atoms with van der Waals surface area (Å²) in [6, 6.07) is 10.7. The molecule has 2 aromatic rings. The summed E-state index contributed by atoms with van der Waals surface area (Å²) >= 11 is 7.77. The number of hydrogen-bond acceptors (Lipinski definition) is 2. The van der Waals surface area contributed by atoms with Crippen molar-refractivity contribution in [3.63, 3.8) is 0 Å². The van der Waals surface area contributed by atoms with Crippen LogP contribution >= 0.6 is 22.9 Å². The number of hydrogen-bond donors (Lipinski definition) is 1. The van der Waals surface area contributed by atoms with Crippen LogP contribution in [0.5, 0.6) is 0 Å². The first-order valence-corrected chi connectivity index (χ1v) is 7.17. The molecule has 1 aliphatic carbocycles. The quantitative estimate of drug-likeness (QED) is 0.813. The van der Waals surface area contributed by atoms with Crippen LogP contribution in [-0.4, -0.2) is 0 Å². The highest BCUT2D eigenvalue weighted by Crippen LogP contribution is 2.35. The second-order valence-electron chi connectivity index (χ2n) is 4.40. The first-order chi connectivity index (χ1) is 8.33. The number of nitrogens with one attached hydrogen (secondary N) is 1. The monoisotopic (exact) mass is 263 g/mol. The standard InChI is InChI=1S/C14H14ClNS/c15-10-4-6-11(7-5-10)16-13-2-1-3-14-12(13)8-9-17-14/h4-9,13,16H,1-3H2. The summed E-state index contributed by atoms with van der Waals surface area (Å²) in [4.78, 5) is 1.54. The van der Waals surface area contributed by atoms with Gasteiger partial charge in [0.15, 0.2) is 0 Å². The third-order valence-corrected chi connectivity index (χ3v) is 4.49. The van der Waals surface area contributed by atoms with Gasteiger partial charge in [-0.05, 0) is 60.5 Å². The zero-order chi connectivity index (χ0) is 11.7. The van der Waals surface area contributed by atoms with Crippen molar-refractivity contribution in [3.05, 3.63) is 51.2 Å². The van der Waals surface area contributed by atoms with Crippen LogP contribution in [0.3, 0.4) is 0 Å². The van der Waals surface area contributed by atoms with Crippen molar-refractivity contribution in [3.8, 4) is 0 Å². The summed E-state index contributed by atoms with van der Waals surface area (Å²) in [7, 11) is 0. The van der Waals surface area contributed by atoms with Crippen molar-refractivity contribution < 1.29 is 0 Å². The maximum atomic E-state index is 5.89. The highest BCUT2D eigenvalue weighted by molar-refractivity contribution is 7.10. The van der Waals surface area contributed by atoms with Crippen molar-refractivity contribution in [1.82, 2.24) is 0 Å². The van der Waals surface area contributed by atoms with Crippen LogP contribution < -0.4 is 5.32 Å². The first kappa shape index (κ1) is 11.1. The second-order valence-corrected chi connectivity index (χ2v) is 5.83. The van der Waals surface area contributed by atoms with E-state index in [1.54, 1.807) is 4.88 Å². The first-order valence-electron chi connectivity index (χ1n) is 5.91. The largest absolute Gasteiger partial charge is 0.378 e. The number of rotatable bonds is 2. The SMILES string of the molecule is Clc1ccc(NC2CCCc3sccc32)cc1. The molecule has 1 nitrogen and oxygen atoms in total. The maximum absolute atomic E-state index is 5.89. The smallest absolute Gasteiger partial charge is 0.0524 e. The highest BCUT2D eigenvalue weighted by Gasteiger charge is 2.20. The van der Waals surface area contributed by atoms with E-state index in [0.29, 0.717) is 6.04 Å². The van der Waals surface area contributed by atoms with Gasteiger partial charge < -0.3 is 5.32 Å². The van der Waals surface area contributed by atoms with Gasteiger partial charge in [0.1, 0.15) is 0 Å². The summed E-state index contributed by atoms with van der Waals surface area (Å²) in [6.07, 6.45) is 3.73. The molecular formula is C14H14ClNS. The molecule has 1 N–H and O–H groups in total. The van der Waals surface area contributed by atoms with E-state index in [0.717, 1.165) is 10.7 Å². The Labute approximate surface area is 110 Å². The minimum Gasteiger partial charge on any atom is -0.378 e. The molecule has 0 aliphatic heterocycles. The third-order valence-electron chi connectivity index (χ3n) is 3.24. The van der Waals surface area contributed by atoms with Crippen molar-refractivity contribution in [1.29, 1.82) is 0 Å². The Morgan fingerprint density at radius 1 is 1.18 bits per heavy atom. The van der Waals surface area contributed by atoms with Gasteiger partial charge in [0.2, 0.25) is 0 Å². The van der Waals surface area contributed by atoms with Gasteiger partial charge in [-0.25, -0.2) is 0 Å². The molecule has 0 spiro atoms. The molecule has 0 amide bonds. The molecule has 0 fully saturated rings. The Kier molecular flexibility index (Phi) is 3.08. The fraction of sp³-hybridized carbons (Fsp3) is 0.286. The van der Waals surface area contributed by atoms with E-state index in [-0.39, 0.29) is 0 Å². The summed E-state index contributed by atoms with van der Waals surface area (Å²) in [5, 5.41) is 6.59. The molecule has 0 bridgehead atoms. The average molecular weight is 264 g/mol. The predicted octanol–water partition coefficient (Wildman–Crippen LogP) is 4.89. The third kappa shape index (κ3) is 2.33. The molecule has 1 aromatic heterocycles. The van der Waals surface area contributed by atoms with Crippen molar-refractivity contribution >= 4 is 28.6 Å². The van der Waals surface area contributed by atoms with Crippen LogP contribution in [0.25, 0.3) is 0 Å². The lowest BCUT2D eigenvalue weighted by Gasteiger charge is -2.24. The van der Waals surface area contributed by atoms with Crippen LogP contribution in [0, 0.1) is 0 Å². The summed E-state index contributed by atoms with van der Waals surface area (Å²) in [5.74, 6) is 0. The van der Waals surface area contributed by atoms with Gasteiger partial charge in [0, 0.05) is 15.6 Å². The summed E-state index contributed by atoms with van der Waals surface area (Å²) in [6.45, 7) is 0. The molecule has 1 heterocycles. The van der Waals surface area contributed by atoms with E-state index in [2.05, 4.69) is 16.8 Å². The molecule has 0 saturated carbocycles. The molecule has 0 radical (unpaired) electrons. The van der Waals surface area contributed by atoms with E-state index < -0.39 is 0 Å². The molecule has 17 heavy (non-hydrogen) atoms. The van der Waals surface area contributed by atoms with Crippen molar-refractivity contribution in [2.75, 3.05) is 5.32 Å². The minimum absolute atomic E-state index is 0.464. The summed E-state index contributed by atoms with van der Waals surface area (Å²) in [5.41, 5.74) is 2.63. The van der Waals surface area contributed by atoms with Gasteiger partial charge in [0.05, 0.1) is 6.04 Å². The van der Waals surface area contributed by atoms with E-state index >= 15 is 0 Å². The molecular weight excluding hydrogens is 250 g/mol. The predicted molar refractivity (Wildman–Crippen MR) is 75.1 cm³/mol. The number of anilines is 1. The number of fused-ring (bicyclic) bond motifs is 1. The van der Waals surface area contributed by atoms with E-state index in [9.17, 15) is 0 Å². The Morgan fingerprint density at radius 3 is 2.82 bits per heavy atom. The van der Waals surface area contributed by atoms with E-state index in [1.165, 1.54) is 24.8 Å². The lowest BCUT2D eigenvalue weighted by molar-refractivity contribution is 0.609. The van der Waals surface area contributed by atoms with E-state index in [1.807, 2.05) is 35.6 Å². The zero-order valence-corrected chi connectivity index (χ0v) is 11.0. The van der Waals surface area contributed by atoms with Crippen LogP contribution in [0.2, 0.25) is 5.02 Å². The van der Waals surface area contributed by atoms with Gasteiger partial charge in [-0.1, -0.05) is 11.6 Å². The highest BCUT2D eigenvalue weighted by atomic mass is 35.5. The maximum Gasteiger partial charge on any atom is 0.0524 e. The Hall–Kier alpha value is -0.990. The lowest BCUT2D eigenvalue weighted by Crippen LogP contribution is -2.15. The normalized spacial score (nSPS) is 18.8. The summed E-state index contributed by atoms with van der Waals surface area (Å²) < 4.78 is 0. The average Bonchev–Trinajstić information content (AvgIpc) is 2.81. The second kappa shape index (κ2) is 4.71. The molecule has 0 saturated heterocycles. The Bertz CT molecular complexity index is 503. The number of benzene rings is 1. The van der Waals surface area contributed by atoms with Crippen LogP contribution in [-0.2, 0) is 6.42 Å². The number of halogens is 1. The van der Waals surface area contributed by atoms with Gasteiger partial charge >= 0.3 is 0 Å². The molecule has 1 unspecified atom stereocenters. The molecule has 1 aromatic carbocycles. The molecule has 88 valence electrons. The van der Waals surface area contributed by atoms with Gasteiger partial charge in [-0.15, -0.1) is 11.3 Å².